The Bertz CT molecular complexity index is 665. The third kappa shape index (κ3) is 2.40. The number of fused-ring (bicyclic) bond motifs is 1. The summed E-state index contributed by atoms with van der Waals surface area (Å²) in [5.74, 6) is 0.966. The quantitative estimate of drug-likeness (QED) is 0.812. The van der Waals surface area contributed by atoms with Crippen molar-refractivity contribution < 1.29 is 4.74 Å². The summed E-state index contributed by atoms with van der Waals surface area (Å²) in [6, 6.07) is 0. The van der Waals surface area contributed by atoms with E-state index in [4.69, 9.17) is 4.74 Å². The van der Waals surface area contributed by atoms with E-state index in [0.717, 1.165) is 60.3 Å². The molecule has 0 saturated carbocycles. The summed E-state index contributed by atoms with van der Waals surface area (Å²) in [6.07, 6.45) is 6.16. The minimum Gasteiger partial charge on any atom is -0.382 e. The van der Waals surface area contributed by atoms with Crippen LogP contribution in [-0.2, 0) is 11.8 Å². The van der Waals surface area contributed by atoms with Crippen LogP contribution in [0.1, 0.15) is 32.6 Å². The smallest absolute Gasteiger partial charge is 0.164 e. The molecular weight excluding hydrogens is 346 g/mol. The molecule has 1 atom stereocenters. The van der Waals surface area contributed by atoms with Crippen LogP contribution >= 0.6 is 15.9 Å². The van der Waals surface area contributed by atoms with Crippen molar-refractivity contribution in [2.45, 2.75) is 38.1 Å². The highest BCUT2D eigenvalue weighted by molar-refractivity contribution is 9.10. The summed E-state index contributed by atoms with van der Waals surface area (Å²) in [7, 11) is 3.69. The molecule has 6 nitrogen and oxygen atoms in total. The van der Waals surface area contributed by atoms with Crippen LogP contribution in [0.2, 0.25) is 0 Å². The van der Waals surface area contributed by atoms with Crippen LogP contribution in [0.4, 0.5) is 5.82 Å². The van der Waals surface area contributed by atoms with E-state index in [1.54, 1.807) is 18.1 Å². The maximum atomic E-state index is 5.56. The van der Waals surface area contributed by atoms with Gasteiger partial charge in [0, 0.05) is 20.7 Å². The summed E-state index contributed by atoms with van der Waals surface area (Å²) in [4.78, 5) is 11.4. The van der Waals surface area contributed by atoms with E-state index in [1.165, 1.54) is 0 Å². The molecule has 0 N–H and O–H groups in total. The van der Waals surface area contributed by atoms with Crippen molar-refractivity contribution in [3.8, 4) is 0 Å². The number of hydrogen-bond acceptors (Lipinski definition) is 5. The Balaban J connectivity index is 2.13. The summed E-state index contributed by atoms with van der Waals surface area (Å²) in [5.41, 5.74) is 0.881. The second-order valence-corrected chi connectivity index (χ2v) is 6.72. The Hall–Kier alpha value is -1.21. The fraction of sp³-hybridized carbons (Fsp3) is 0.667. The Morgan fingerprint density at radius 1 is 1.41 bits per heavy atom. The van der Waals surface area contributed by atoms with Crippen molar-refractivity contribution in [1.29, 1.82) is 0 Å². The van der Waals surface area contributed by atoms with Crippen LogP contribution < -0.4 is 4.90 Å². The molecule has 22 heavy (non-hydrogen) atoms. The van der Waals surface area contributed by atoms with Gasteiger partial charge in [-0.05, 0) is 35.2 Å². The molecule has 3 heterocycles. The normalized spacial score (nSPS) is 21.9. The van der Waals surface area contributed by atoms with Gasteiger partial charge in [0.15, 0.2) is 5.65 Å². The predicted molar refractivity (Wildman–Crippen MR) is 90.1 cm³/mol. The monoisotopic (exact) mass is 367 g/mol. The first-order valence-electron chi connectivity index (χ1n) is 7.73. The molecule has 7 heteroatoms. The highest BCUT2D eigenvalue weighted by Crippen LogP contribution is 2.40. The first kappa shape index (κ1) is 15.7. The first-order valence-corrected chi connectivity index (χ1v) is 8.52. The predicted octanol–water partition coefficient (Wildman–Crippen LogP) is 2.91. The van der Waals surface area contributed by atoms with Crippen LogP contribution in [0.5, 0.6) is 0 Å². The van der Waals surface area contributed by atoms with Gasteiger partial charge in [0.05, 0.1) is 17.5 Å². The number of hydrogen-bond donors (Lipinski definition) is 0. The molecule has 2 aromatic heterocycles. The van der Waals surface area contributed by atoms with Crippen molar-refractivity contribution in [2.24, 2.45) is 7.05 Å². The molecule has 1 unspecified atom stereocenters. The molecule has 0 radical (unpaired) electrons. The van der Waals surface area contributed by atoms with Crippen molar-refractivity contribution in [3.63, 3.8) is 0 Å². The van der Waals surface area contributed by atoms with E-state index in [9.17, 15) is 0 Å². The Labute approximate surface area is 139 Å². The minimum absolute atomic E-state index is 0.0278. The van der Waals surface area contributed by atoms with E-state index in [1.807, 2.05) is 7.05 Å². The van der Waals surface area contributed by atoms with Crippen molar-refractivity contribution >= 4 is 32.8 Å². The van der Waals surface area contributed by atoms with Gasteiger partial charge >= 0.3 is 0 Å². The lowest BCUT2D eigenvalue weighted by atomic mass is 9.91. The lowest BCUT2D eigenvalue weighted by molar-refractivity contribution is 0.127. The highest BCUT2D eigenvalue weighted by atomic mass is 79.9. The van der Waals surface area contributed by atoms with Gasteiger partial charge in [-0.2, -0.15) is 5.10 Å². The van der Waals surface area contributed by atoms with Gasteiger partial charge in [0.2, 0.25) is 0 Å². The maximum Gasteiger partial charge on any atom is 0.164 e. The van der Waals surface area contributed by atoms with Crippen LogP contribution in [-0.4, -0.2) is 45.5 Å². The van der Waals surface area contributed by atoms with E-state index < -0.39 is 0 Å². The summed E-state index contributed by atoms with van der Waals surface area (Å²) in [5, 5.41) is 5.42. The fourth-order valence-electron chi connectivity index (χ4n) is 3.72. The van der Waals surface area contributed by atoms with Gasteiger partial charge in [-0.3, -0.25) is 0 Å². The number of aryl methyl sites for hydroxylation is 1. The molecular formula is C15H22BrN5O. The van der Waals surface area contributed by atoms with Gasteiger partial charge in [-0.15, -0.1) is 0 Å². The number of methoxy groups -OCH3 is 1. The van der Waals surface area contributed by atoms with E-state index in [-0.39, 0.29) is 5.54 Å². The fourth-order valence-corrected chi connectivity index (χ4v) is 4.31. The van der Waals surface area contributed by atoms with Gasteiger partial charge in [0.25, 0.3) is 0 Å². The first-order chi connectivity index (χ1) is 10.6. The largest absolute Gasteiger partial charge is 0.382 e. The number of aromatic nitrogens is 4. The zero-order valence-electron chi connectivity index (χ0n) is 13.3. The highest BCUT2D eigenvalue weighted by Gasteiger charge is 2.42. The second kappa shape index (κ2) is 6.12. The van der Waals surface area contributed by atoms with Crippen molar-refractivity contribution in [1.82, 2.24) is 19.7 Å². The minimum atomic E-state index is 0.0278. The molecule has 2 aromatic rings. The van der Waals surface area contributed by atoms with Crippen LogP contribution in [0, 0.1) is 0 Å². The Morgan fingerprint density at radius 2 is 2.23 bits per heavy atom. The van der Waals surface area contributed by atoms with Crippen LogP contribution in [0.15, 0.2) is 10.9 Å². The number of ether oxygens (including phenoxy) is 1. The molecule has 1 fully saturated rings. The third-order valence-corrected chi connectivity index (χ3v) is 5.09. The van der Waals surface area contributed by atoms with Gasteiger partial charge in [0.1, 0.15) is 16.7 Å². The van der Waals surface area contributed by atoms with Crippen LogP contribution in [0.3, 0.4) is 0 Å². The molecule has 0 aromatic carbocycles. The second-order valence-electron chi connectivity index (χ2n) is 5.97. The molecule has 120 valence electrons. The summed E-state index contributed by atoms with van der Waals surface area (Å²) >= 11 is 3.56. The summed E-state index contributed by atoms with van der Waals surface area (Å²) in [6.45, 7) is 3.95. The van der Waals surface area contributed by atoms with E-state index in [0.29, 0.717) is 0 Å². The summed E-state index contributed by atoms with van der Waals surface area (Å²) < 4.78 is 8.15. The van der Waals surface area contributed by atoms with Gasteiger partial charge in [-0.1, -0.05) is 13.3 Å². The van der Waals surface area contributed by atoms with E-state index >= 15 is 0 Å². The number of halogens is 1. The maximum absolute atomic E-state index is 5.56. The molecule has 3 rings (SSSR count). The van der Waals surface area contributed by atoms with Gasteiger partial charge < -0.3 is 9.64 Å². The van der Waals surface area contributed by atoms with Crippen molar-refractivity contribution in [3.05, 3.63) is 10.9 Å². The number of anilines is 1. The molecule has 1 aliphatic rings. The Kier molecular flexibility index (Phi) is 4.36. The molecule has 0 amide bonds. The zero-order chi connectivity index (χ0) is 15.7. The van der Waals surface area contributed by atoms with Gasteiger partial charge in [-0.25, -0.2) is 14.6 Å². The third-order valence-electron chi connectivity index (χ3n) is 4.54. The average molecular weight is 368 g/mol. The Morgan fingerprint density at radius 3 is 2.95 bits per heavy atom. The molecule has 0 spiro atoms. The van der Waals surface area contributed by atoms with Crippen LogP contribution in [0.25, 0.3) is 11.0 Å². The van der Waals surface area contributed by atoms with Crippen molar-refractivity contribution in [2.75, 3.05) is 25.2 Å². The molecule has 1 saturated heterocycles. The lowest BCUT2D eigenvalue weighted by Gasteiger charge is -2.39. The molecule has 1 aliphatic heterocycles. The standard InChI is InChI=1S/C15H22BrN5O/c1-4-6-15(9-22-3)7-5-8-21(15)14-11-12(16)19-20(2)13(11)17-10-18-14/h10H,4-9H2,1-3H3. The molecule has 0 bridgehead atoms. The lowest BCUT2D eigenvalue weighted by Crippen LogP contribution is -2.48. The number of rotatable bonds is 5. The topological polar surface area (TPSA) is 56.1 Å². The average Bonchev–Trinajstić information content (AvgIpc) is 3.02. The van der Waals surface area contributed by atoms with E-state index in [2.05, 4.69) is 42.8 Å². The molecule has 0 aliphatic carbocycles. The SMILES string of the molecule is CCCC1(COC)CCCN1c1ncnc2c1c(Br)nn2C. The zero-order valence-corrected chi connectivity index (χ0v) is 14.9. The number of nitrogens with zero attached hydrogens (tertiary/aromatic N) is 5.